The summed E-state index contributed by atoms with van der Waals surface area (Å²) in [6.07, 6.45) is 2.24. The summed E-state index contributed by atoms with van der Waals surface area (Å²) in [6, 6.07) is 0.313. The van der Waals surface area contributed by atoms with E-state index in [0.717, 1.165) is 0 Å². The third-order valence-corrected chi connectivity index (χ3v) is 5.51. The molecule has 0 amide bonds. The molecule has 0 radical (unpaired) electrons. The van der Waals surface area contributed by atoms with Gasteiger partial charge < -0.3 is 0 Å². The molecule has 0 aliphatic carbocycles. The van der Waals surface area contributed by atoms with Gasteiger partial charge in [-0.15, -0.1) is 0 Å². The maximum absolute atomic E-state index is 5.60. The highest BCUT2D eigenvalue weighted by molar-refractivity contribution is 8.07. The van der Waals surface area contributed by atoms with Crippen LogP contribution in [-0.4, -0.2) is 28.0 Å². The fourth-order valence-electron chi connectivity index (χ4n) is 1.64. The minimum Gasteiger partial charge on any atom is -0.271 e. The Bertz CT molecular complexity index is 202. The van der Waals surface area contributed by atoms with Crippen LogP contribution in [-0.2, 0) is 0 Å². The molecule has 82 valence electrons. The summed E-state index contributed by atoms with van der Waals surface area (Å²) in [7, 11) is 0. The van der Waals surface area contributed by atoms with Crippen LogP contribution >= 0.6 is 23.5 Å². The molecule has 0 aromatic carbocycles. The van der Waals surface area contributed by atoms with Gasteiger partial charge in [0.2, 0.25) is 0 Å². The maximum Gasteiger partial charge on any atom is 0.0522 e. The van der Waals surface area contributed by atoms with Crippen molar-refractivity contribution >= 4 is 23.5 Å². The largest absolute Gasteiger partial charge is 0.271 e. The van der Waals surface area contributed by atoms with Crippen LogP contribution in [0, 0.1) is 0 Å². The summed E-state index contributed by atoms with van der Waals surface area (Å²) in [5.74, 6) is 8.11. The fraction of sp³-hybridized carbons (Fsp3) is 0.800. The topological polar surface area (TPSA) is 38.0 Å². The highest BCUT2D eigenvalue weighted by Crippen LogP contribution is 2.33. The Labute approximate surface area is 95.4 Å². The molecule has 1 saturated heterocycles. The molecule has 0 aromatic heterocycles. The van der Waals surface area contributed by atoms with Crippen molar-refractivity contribution in [2.45, 2.75) is 37.3 Å². The number of hydrogen-bond acceptors (Lipinski definition) is 4. The van der Waals surface area contributed by atoms with E-state index in [4.69, 9.17) is 5.84 Å². The van der Waals surface area contributed by atoms with Gasteiger partial charge in [0.05, 0.1) is 6.04 Å². The van der Waals surface area contributed by atoms with Gasteiger partial charge >= 0.3 is 0 Å². The van der Waals surface area contributed by atoms with E-state index in [9.17, 15) is 0 Å². The summed E-state index contributed by atoms with van der Waals surface area (Å²) in [5.41, 5.74) is 4.25. The lowest BCUT2D eigenvalue weighted by atomic mass is 10.1. The molecule has 3 N–H and O–H groups in total. The first-order chi connectivity index (χ1) is 6.65. The third-order valence-electron chi connectivity index (χ3n) is 2.30. The van der Waals surface area contributed by atoms with Crippen molar-refractivity contribution in [3.05, 3.63) is 11.6 Å². The van der Waals surface area contributed by atoms with E-state index in [0.29, 0.717) is 16.5 Å². The molecular formula is C10H20N2S2. The molecule has 1 aliphatic rings. The SMILES string of the molecule is CC(C)=CC(NN)C1SCCSC1C. The van der Waals surface area contributed by atoms with Gasteiger partial charge in [-0.05, 0) is 13.8 Å². The molecule has 14 heavy (non-hydrogen) atoms. The van der Waals surface area contributed by atoms with Gasteiger partial charge in [-0.2, -0.15) is 23.5 Å². The Morgan fingerprint density at radius 3 is 2.57 bits per heavy atom. The van der Waals surface area contributed by atoms with Crippen LogP contribution in [0.1, 0.15) is 20.8 Å². The van der Waals surface area contributed by atoms with E-state index in [1.165, 1.54) is 17.1 Å². The smallest absolute Gasteiger partial charge is 0.0522 e. The molecule has 2 nitrogen and oxygen atoms in total. The molecule has 1 aliphatic heterocycles. The molecule has 0 saturated carbocycles. The minimum atomic E-state index is 0.313. The molecule has 1 heterocycles. The molecule has 3 unspecified atom stereocenters. The normalized spacial score (nSPS) is 29.7. The van der Waals surface area contributed by atoms with Gasteiger partial charge in [-0.25, -0.2) is 0 Å². The van der Waals surface area contributed by atoms with Gasteiger partial charge in [0.25, 0.3) is 0 Å². The van der Waals surface area contributed by atoms with E-state index < -0.39 is 0 Å². The second-order valence-corrected chi connectivity index (χ2v) is 6.62. The molecule has 3 atom stereocenters. The van der Waals surface area contributed by atoms with Crippen molar-refractivity contribution in [2.75, 3.05) is 11.5 Å². The number of allylic oxidation sites excluding steroid dienone is 1. The van der Waals surface area contributed by atoms with E-state index in [-0.39, 0.29) is 0 Å². The predicted molar refractivity (Wildman–Crippen MR) is 68.7 cm³/mol. The van der Waals surface area contributed by atoms with E-state index in [2.05, 4.69) is 44.0 Å². The highest BCUT2D eigenvalue weighted by Gasteiger charge is 2.28. The average molecular weight is 232 g/mol. The Kier molecular flexibility index (Phi) is 5.38. The number of nitrogens with two attached hydrogens (primary N) is 1. The molecule has 0 spiro atoms. The van der Waals surface area contributed by atoms with Crippen LogP contribution in [0.4, 0.5) is 0 Å². The van der Waals surface area contributed by atoms with Crippen LogP contribution in [0.3, 0.4) is 0 Å². The molecule has 0 aromatic rings. The second kappa shape index (κ2) is 6.05. The number of nitrogens with one attached hydrogen (secondary N) is 1. The Morgan fingerprint density at radius 1 is 1.43 bits per heavy atom. The van der Waals surface area contributed by atoms with Crippen LogP contribution < -0.4 is 11.3 Å². The third kappa shape index (κ3) is 3.50. The molecule has 4 heteroatoms. The monoisotopic (exact) mass is 232 g/mol. The van der Waals surface area contributed by atoms with E-state index >= 15 is 0 Å². The second-order valence-electron chi connectivity index (χ2n) is 3.85. The lowest BCUT2D eigenvalue weighted by Crippen LogP contribution is -2.46. The molecule has 0 bridgehead atoms. The average Bonchev–Trinajstić information content (AvgIpc) is 2.15. The van der Waals surface area contributed by atoms with E-state index in [1.807, 2.05) is 11.8 Å². The first-order valence-electron chi connectivity index (χ1n) is 4.99. The molecule has 1 rings (SSSR count). The first-order valence-corrected chi connectivity index (χ1v) is 7.09. The lowest BCUT2D eigenvalue weighted by molar-refractivity contribution is 0.584. The highest BCUT2D eigenvalue weighted by atomic mass is 32.2. The molecule has 1 fully saturated rings. The Morgan fingerprint density at radius 2 is 2.07 bits per heavy atom. The predicted octanol–water partition coefficient (Wildman–Crippen LogP) is 2.02. The minimum absolute atomic E-state index is 0.313. The van der Waals surface area contributed by atoms with Crippen LogP contribution in [0.25, 0.3) is 0 Å². The lowest BCUT2D eigenvalue weighted by Gasteiger charge is -2.32. The zero-order chi connectivity index (χ0) is 10.6. The van der Waals surface area contributed by atoms with Crippen molar-refractivity contribution in [3.63, 3.8) is 0 Å². The zero-order valence-corrected chi connectivity index (χ0v) is 10.8. The first kappa shape index (κ1) is 12.4. The standard InChI is InChI=1S/C10H20N2S2/c1-7(2)6-9(12-11)10-8(3)13-4-5-14-10/h6,8-10,12H,4-5,11H2,1-3H3. The van der Waals surface area contributed by atoms with Crippen LogP contribution in [0.5, 0.6) is 0 Å². The Hall–Kier alpha value is 0.360. The van der Waals surface area contributed by atoms with Gasteiger partial charge in [-0.3, -0.25) is 11.3 Å². The number of rotatable bonds is 3. The fourth-order valence-corrected chi connectivity index (χ4v) is 4.52. The van der Waals surface area contributed by atoms with Crippen LogP contribution in [0.15, 0.2) is 11.6 Å². The van der Waals surface area contributed by atoms with Gasteiger partial charge in [0.15, 0.2) is 0 Å². The van der Waals surface area contributed by atoms with Crippen molar-refractivity contribution in [1.29, 1.82) is 0 Å². The summed E-state index contributed by atoms with van der Waals surface area (Å²) < 4.78 is 0. The quantitative estimate of drug-likeness (QED) is 0.443. The number of hydrazine groups is 1. The summed E-state index contributed by atoms with van der Waals surface area (Å²) in [4.78, 5) is 0. The van der Waals surface area contributed by atoms with Gasteiger partial charge in [0, 0.05) is 22.0 Å². The van der Waals surface area contributed by atoms with Crippen molar-refractivity contribution in [3.8, 4) is 0 Å². The van der Waals surface area contributed by atoms with Crippen molar-refractivity contribution in [1.82, 2.24) is 5.43 Å². The van der Waals surface area contributed by atoms with Crippen LogP contribution in [0.2, 0.25) is 0 Å². The zero-order valence-electron chi connectivity index (χ0n) is 9.12. The Balaban J connectivity index is 2.62. The summed E-state index contributed by atoms with van der Waals surface area (Å²) in [5, 5.41) is 1.29. The molecular weight excluding hydrogens is 212 g/mol. The van der Waals surface area contributed by atoms with Gasteiger partial charge in [-0.1, -0.05) is 18.6 Å². The number of hydrogen-bond donors (Lipinski definition) is 2. The summed E-state index contributed by atoms with van der Waals surface area (Å²) >= 11 is 4.09. The summed E-state index contributed by atoms with van der Waals surface area (Å²) in [6.45, 7) is 6.54. The maximum atomic E-state index is 5.60. The number of thioether (sulfide) groups is 2. The van der Waals surface area contributed by atoms with Crippen molar-refractivity contribution < 1.29 is 0 Å². The van der Waals surface area contributed by atoms with Gasteiger partial charge in [0.1, 0.15) is 0 Å². The van der Waals surface area contributed by atoms with Crippen molar-refractivity contribution in [2.24, 2.45) is 5.84 Å². The van der Waals surface area contributed by atoms with E-state index in [1.54, 1.807) is 0 Å².